The highest BCUT2D eigenvalue weighted by molar-refractivity contribution is 6.05. The molecule has 0 atom stereocenters. The largest absolute Gasteiger partial charge is 0.497 e. The van der Waals surface area contributed by atoms with Gasteiger partial charge < -0.3 is 14.8 Å². The number of carbonyl (C=O) groups excluding carboxylic acids is 1. The van der Waals surface area contributed by atoms with E-state index in [4.69, 9.17) is 9.47 Å². The minimum atomic E-state index is -2.34. The normalized spacial score (nSPS) is 10.5. The second-order valence-corrected chi connectivity index (χ2v) is 4.47. The SMILES string of the molecule is COc1ccc(NC(=O)c2c(F)c(F)c(F)c(F)c2F)c(OC)c1. The van der Waals surface area contributed by atoms with E-state index in [0.717, 1.165) is 0 Å². The second kappa shape index (κ2) is 6.73. The first-order chi connectivity index (χ1) is 11.3. The number of carbonyl (C=O) groups is 1. The summed E-state index contributed by atoms with van der Waals surface area (Å²) in [5.74, 6) is -12.3. The van der Waals surface area contributed by atoms with Crippen LogP contribution in [-0.2, 0) is 0 Å². The molecule has 0 saturated carbocycles. The van der Waals surface area contributed by atoms with Gasteiger partial charge in [-0.25, -0.2) is 22.0 Å². The molecule has 2 rings (SSSR count). The lowest BCUT2D eigenvalue weighted by Gasteiger charge is -2.13. The van der Waals surface area contributed by atoms with Crippen molar-refractivity contribution in [1.29, 1.82) is 0 Å². The van der Waals surface area contributed by atoms with Crippen LogP contribution in [0.1, 0.15) is 10.4 Å². The Kier molecular flexibility index (Phi) is 4.91. The van der Waals surface area contributed by atoms with Gasteiger partial charge >= 0.3 is 0 Å². The highest BCUT2D eigenvalue weighted by Gasteiger charge is 2.30. The summed E-state index contributed by atoms with van der Waals surface area (Å²) in [6.45, 7) is 0. The molecular formula is C15H10F5NO3. The molecule has 128 valence electrons. The molecule has 0 fully saturated rings. The Bertz CT molecular complexity index is 781. The Morgan fingerprint density at radius 3 is 1.92 bits per heavy atom. The standard InChI is InChI=1S/C15H10F5NO3/c1-23-6-3-4-7(8(5-6)24-2)21-15(22)9-10(16)12(18)14(20)13(19)11(9)17/h3-5H,1-2H3,(H,21,22). The number of hydrogen-bond acceptors (Lipinski definition) is 3. The molecule has 0 unspecified atom stereocenters. The molecule has 0 aliphatic rings. The van der Waals surface area contributed by atoms with Crippen molar-refractivity contribution in [3.8, 4) is 11.5 Å². The summed E-state index contributed by atoms with van der Waals surface area (Å²) in [7, 11) is 2.63. The zero-order valence-corrected chi connectivity index (χ0v) is 12.3. The molecule has 2 aromatic carbocycles. The minimum absolute atomic E-state index is 0.0489. The lowest BCUT2D eigenvalue weighted by Crippen LogP contribution is -2.19. The summed E-state index contributed by atoms with van der Waals surface area (Å²) in [4.78, 5) is 12.0. The van der Waals surface area contributed by atoms with E-state index in [2.05, 4.69) is 0 Å². The predicted molar refractivity (Wildman–Crippen MR) is 73.7 cm³/mol. The summed E-state index contributed by atoms with van der Waals surface area (Å²) < 4.78 is 76.5. The molecule has 0 aliphatic carbocycles. The Hall–Kier alpha value is -2.84. The predicted octanol–water partition coefficient (Wildman–Crippen LogP) is 3.65. The summed E-state index contributed by atoms with van der Waals surface area (Å²) in [5, 5.41) is 2.03. The number of ether oxygens (including phenoxy) is 2. The van der Waals surface area contributed by atoms with Crippen LogP contribution in [0.4, 0.5) is 27.6 Å². The van der Waals surface area contributed by atoms with E-state index in [9.17, 15) is 26.7 Å². The quantitative estimate of drug-likeness (QED) is 0.522. The second-order valence-electron chi connectivity index (χ2n) is 4.47. The summed E-state index contributed by atoms with van der Waals surface area (Å²) in [5.41, 5.74) is -1.64. The average molecular weight is 347 g/mol. The van der Waals surface area contributed by atoms with Crippen molar-refractivity contribution in [2.24, 2.45) is 0 Å². The van der Waals surface area contributed by atoms with Crippen LogP contribution in [0.3, 0.4) is 0 Å². The number of methoxy groups -OCH3 is 2. The first-order valence-corrected chi connectivity index (χ1v) is 6.36. The number of rotatable bonds is 4. The van der Waals surface area contributed by atoms with Gasteiger partial charge in [0.05, 0.1) is 19.9 Å². The smallest absolute Gasteiger partial charge is 0.261 e. The molecule has 0 bridgehead atoms. The molecule has 4 nitrogen and oxygen atoms in total. The fourth-order valence-electron chi connectivity index (χ4n) is 1.89. The van der Waals surface area contributed by atoms with E-state index < -0.39 is 40.6 Å². The van der Waals surface area contributed by atoms with E-state index >= 15 is 0 Å². The van der Waals surface area contributed by atoms with Crippen LogP contribution in [0.5, 0.6) is 11.5 Å². The lowest BCUT2D eigenvalue weighted by atomic mass is 10.1. The lowest BCUT2D eigenvalue weighted by molar-refractivity contribution is 0.101. The van der Waals surface area contributed by atoms with Crippen LogP contribution in [0, 0.1) is 29.1 Å². The molecule has 1 amide bonds. The van der Waals surface area contributed by atoms with Crippen LogP contribution in [0.15, 0.2) is 18.2 Å². The van der Waals surface area contributed by atoms with Crippen molar-refractivity contribution in [3.05, 3.63) is 52.8 Å². The van der Waals surface area contributed by atoms with Crippen molar-refractivity contribution >= 4 is 11.6 Å². The van der Waals surface area contributed by atoms with Crippen LogP contribution in [0.2, 0.25) is 0 Å². The minimum Gasteiger partial charge on any atom is -0.497 e. The zero-order chi connectivity index (χ0) is 18.0. The number of amides is 1. The van der Waals surface area contributed by atoms with E-state index in [1.54, 1.807) is 0 Å². The van der Waals surface area contributed by atoms with Crippen LogP contribution in [0.25, 0.3) is 0 Å². The third-order valence-corrected chi connectivity index (χ3v) is 3.09. The monoisotopic (exact) mass is 347 g/mol. The number of benzene rings is 2. The molecule has 24 heavy (non-hydrogen) atoms. The van der Waals surface area contributed by atoms with Crippen LogP contribution >= 0.6 is 0 Å². The maximum absolute atomic E-state index is 13.6. The Morgan fingerprint density at radius 1 is 0.875 bits per heavy atom. The number of nitrogens with one attached hydrogen (secondary N) is 1. The summed E-state index contributed by atoms with van der Waals surface area (Å²) in [6, 6.07) is 4.03. The van der Waals surface area contributed by atoms with Crippen molar-refractivity contribution in [2.45, 2.75) is 0 Å². The molecule has 1 N–H and O–H groups in total. The zero-order valence-electron chi connectivity index (χ0n) is 12.3. The molecular weight excluding hydrogens is 337 g/mol. The van der Waals surface area contributed by atoms with Gasteiger partial charge in [-0.2, -0.15) is 0 Å². The number of halogens is 5. The maximum atomic E-state index is 13.6. The van der Waals surface area contributed by atoms with Crippen molar-refractivity contribution in [1.82, 2.24) is 0 Å². The number of anilines is 1. The maximum Gasteiger partial charge on any atom is 0.261 e. The first kappa shape index (κ1) is 17.5. The molecule has 0 heterocycles. The third-order valence-electron chi connectivity index (χ3n) is 3.09. The van der Waals surface area contributed by atoms with Crippen molar-refractivity contribution in [3.63, 3.8) is 0 Å². The van der Waals surface area contributed by atoms with Gasteiger partial charge in [-0.15, -0.1) is 0 Å². The van der Waals surface area contributed by atoms with Gasteiger partial charge in [0.1, 0.15) is 17.1 Å². The van der Waals surface area contributed by atoms with Gasteiger partial charge in [0, 0.05) is 6.07 Å². The summed E-state index contributed by atoms with van der Waals surface area (Å²) in [6.07, 6.45) is 0. The molecule has 0 aromatic heterocycles. The highest BCUT2D eigenvalue weighted by Crippen LogP contribution is 2.30. The Balaban J connectivity index is 2.45. The molecule has 0 radical (unpaired) electrons. The summed E-state index contributed by atoms with van der Waals surface area (Å²) >= 11 is 0. The van der Waals surface area contributed by atoms with Gasteiger partial charge in [-0.3, -0.25) is 4.79 Å². The van der Waals surface area contributed by atoms with Gasteiger partial charge in [-0.05, 0) is 12.1 Å². The molecule has 0 aliphatic heterocycles. The fourth-order valence-corrected chi connectivity index (χ4v) is 1.89. The van der Waals surface area contributed by atoms with E-state index in [0.29, 0.717) is 5.75 Å². The van der Waals surface area contributed by atoms with Gasteiger partial charge in [0.25, 0.3) is 5.91 Å². The van der Waals surface area contributed by atoms with Gasteiger partial charge in [0.2, 0.25) is 5.82 Å². The van der Waals surface area contributed by atoms with E-state index in [-0.39, 0.29) is 11.4 Å². The van der Waals surface area contributed by atoms with E-state index in [1.807, 2.05) is 5.32 Å². The average Bonchev–Trinajstić information content (AvgIpc) is 2.58. The third kappa shape index (κ3) is 2.97. The molecule has 9 heteroatoms. The highest BCUT2D eigenvalue weighted by atomic mass is 19.2. The molecule has 0 spiro atoms. The van der Waals surface area contributed by atoms with Crippen LogP contribution in [-0.4, -0.2) is 20.1 Å². The van der Waals surface area contributed by atoms with E-state index in [1.165, 1.54) is 32.4 Å². The topological polar surface area (TPSA) is 47.6 Å². The van der Waals surface area contributed by atoms with Gasteiger partial charge in [0.15, 0.2) is 23.3 Å². The Morgan fingerprint density at radius 2 is 1.42 bits per heavy atom. The Labute approximate surface area is 132 Å². The molecule has 2 aromatic rings. The van der Waals surface area contributed by atoms with Gasteiger partial charge in [-0.1, -0.05) is 0 Å². The first-order valence-electron chi connectivity index (χ1n) is 6.36. The van der Waals surface area contributed by atoms with Crippen molar-refractivity contribution in [2.75, 3.05) is 19.5 Å². The number of hydrogen-bond donors (Lipinski definition) is 1. The van der Waals surface area contributed by atoms with Crippen LogP contribution < -0.4 is 14.8 Å². The molecule has 0 saturated heterocycles. The fraction of sp³-hybridized carbons (Fsp3) is 0.133. The van der Waals surface area contributed by atoms with Crippen molar-refractivity contribution < 1.29 is 36.2 Å².